The van der Waals surface area contributed by atoms with Crippen LogP contribution < -0.4 is 0 Å². The quantitative estimate of drug-likeness (QED) is 0.441. The topological polar surface area (TPSA) is 42.4 Å². The second-order valence-corrected chi connectivity index (χ2v) is 6.60. The summed E-state index contributed by atoms with van der Waals surface area (Å²) in [7, 11) is 0. The lowest BCUT2D eigenvalue weighted by molar-refractivity contribution is 0.223. The number of aryl methyl sites for hydroxylation is 1. The Morgan fingerprint density at radius 1 is 0.815 bits per heavy atom. The highest BCUT2D eigenvalue weighted by molar-refractivity contribution is 5.53. The van der Waals surface area contributed by atoms with Gasteiger partial charge in [0.05, 0.1) is 18.5 Å². The van der Waals surface area contributed by atoms with Crippen molar-refractivity contribution < 1.29 is 8.83 Å². The molecule has 0 spiro atoms. The first-order valence-corrected chi connectivity index (χ1v) is 9.08. The summed E-state index contributed by atoms with van der Waals surface area (Å²) in [6, 6.07) is 24.4. The summed E-state index contributed by atoms with van der Waals surface area (Å²) in [6.45, 7) is 4.20. The van der Waals surface area contributed by atoms with Gasteiger partial charge in [-0.2, -0.15) is 0 Å². The van der Waals surface area contributed by atoms with Gasteiger partial charge < -0.3 is 8.83 Å². The maximum absolute atomic E-state index is 5.93. The van der Waals surface area contributed by atoms with Gasteiger partial charge in [-0.05, 0) is 36.8 Å². The van der Waals surface area contributed by atoms with Crippen LogP contribution in [0.3, 0.4) is 0 Å². The van der Waals surface area contributed by atoms with Crippen molar-refractivity contribution in [1.82, 2.24) is 9.88 Å². The molecule has 4 heteroatoms. The zero-order valence-corrected chi connectivity index (χ0v) is 15.3. The Balaban J connectivity index is 1.56. The highest BCUT2D eigenvalue weighted by Crippen LogP contribution is 2.23. The molecule has 0 saturated carbocycles. The van der Waals surface area contributed by atoms with Gasteiger partial charge in [0.15, 0.2) is 0 Å². The van der Waals surface area contributed by atoms with Crippen molar-refractivity contribution in [3.63, 3.8) is 0 Å². The van der Waals surface area contributed by atoms with Gasteiger partial charge in [-0.1, -0.05) is 48.5 Å². The standard InChI is InChI=1S/C23H22N2O2/c1-18-22(24-23(27-18)20-11-6-3-7-12-20)17-25(16-21-13-8-14-26-21)15-19-9-4-2-5-10-19/h2-14H,15-17H2,1H3. The van der Waals surface area contributed by atoms with Crippen LogP contribution in [0, 0.1) is 6.92 Å². The molecule has 4 nitrogen and oxygen atoms in total. The van der Waals surface area contributed by atoms with Crippen molar-refractivity contribution in [2.24, 2.45) is 0 Å². The number of hydrogen-bond acceptors (Lipinski definition) is 4. The van der Waals surface area contributed by atoms with Crippen molar-refractivity contribution in [3.05, 3.63) is 102 Å². The first kappa shape index (κ1) is 17.3. The zero-order valence-electron chi connectivity index (χ0n) is 15.3. The number of oxazole rings is 1. The normalized spacial score (nSPS) is 11.2. The van der Waals surface area contributed by atoms with E-state index in [4.69, 9.17) is 13.8 Å². The van der Waals surface area contributed by atoms with E-state index in [2.05, 4.69) is 29.2 Å². The Bertz CT molecular complexity index is 960. The third kappa shape index (κ3) is 4.36. The Kier molecular flexibility index (Phi) is 5.17. The van der Waals surface area contributed by atoms with Gasteiger partial charge in [-0.25, -0.2) is 4.98 Å². The predicted octanol–water partition coefficient (Wildman–Crippen LogP) is 5.45. The fourth-order valence-corrected chi connectivity index (χ4v) is 3.12. The minimum atomic E-state index is 0.667. The fourth-order valence-electron chi connectivity index (χ4n) is 3.12. The maximum atomic E-state index is 5.93. The third-order valence-corrected chi connectivity index (χ3v) is 4.50. The molecule has 4 aromatic rings. The smallest absolute Gasteiger partial charge is 0.226 e. The minimum absolute atomic E-state index is 0.667. The molecule has 0 unspecified atom stereocenters. The molecule has 0 amide bonds. The third-order valence-electron chi connectivity index (χ3n) is 4.50. The van der Waals surface area contributed by atoms with Gasteiger partial charge in [0.1, 0.15) is 11.5 Å². The predicted molar refractivity (Wildman–Crippen MR) is 105 cm³/mol. The number of aromatic nitrogens is 1. The Morgan fingerprint density at radius 3 is 2.26 bits per heavy atom. The molecule has 0 aliphatic carbocycles. The summed E-state index contributed by atoms with van der Waals surface area (Å²) in [5.41, 5.74) is 3.21. The number of rotatable bonds is 7. The van der Waals surface area contributed by atoms with E-state index < -0.39 is 0 Å². The van der Waals surface area contributed by atoms with Gasteiger partial charge in [0.2, 0.25) is 5.89 Å². The van der Waals surface area contributed by atoms with E-state index in [0.29, 0.717) is 12.4 Å². The lowest BCUT2D eigenvalue weighted by Gasteiger charge is -2.20. The van der Waals surface area contributed by atoms with E-state index in [-0.39, 0.29) is 0 Å². The van der Waals surface area contributed by atoms with Crippen molar-refractivity contribution >= 4 is 0 Å². The fraction of sp³-hybridized carbons (Fsp3) is 0.174. The largest absolute Gasteiger partial charge is 0.468 e. The SMILES string of the molecule is Cc1oc(-c2ccccc2)nc1CN(Cc1ccccc1)Cc1ccco1. The van der Waals surface area contributed by atoms with Crippen LogP contribution in [0.5, 0.6) is 0 Å². The first-order valence-electron chi connectivity index (χ1n) is 9.08. The van der Waals surface area contributed by atoms with Crippen LogP contribution in [0.25, 0.3) is 11.5 Å². The summed E-state index contributed by atoms with van der Waals surface area (Å²) >= 11 is 0. The molecule has 2 aromatic carbocycles. The van der Waals surface area contributed by atoms with Crippen molar-refractivity contribution in [1.29, 1.82) is 0 Å². The maximum Gasteiger partial charge on any atom is 0.226 e. The van der Waals surface area contributed by atoms with Crippen molar-refractivity contribution in [2.75, 3.05) is 0 Å². The molecule has 27 heavy (non-hydrogen) atoms. The van der Waals surface area contributed by atoms with Crippen LogP contribution >= 0.6 is 0 Å². The van der Waals surface area contributed by atoms with E-state index in [1.54, 1.807) is 6.26 Å². The van der Waals surface area contributed by atoms with Crippen LogP contribution in [0.2, 0.25) is 0 Å². The van der Waals surface area contributed by atoms with Crippen LogP contribution in [0.15, 0.2) is 87.9 Å². The molecular weight excluding hydrogens is 336 g/mol. The molecule has 2 heterocycles. The van der Waals surface area contributed by atoms with Gasteiger partial charge in [0, 0.05) is 18.7 Å². The average Bonchev–Trinajstić information content (AvgIpc) is 3.33. The van der Waals surface area contributed by atoms with Crippen LogP contribution in [-0.2, 0) is 19.6 Å². The van der Waals surface area contributed by atoms with E-state index in [0.717, 1.165) is 35.9 Å². The Hall–Kier alpha value is -3.11. The molecule has 0 aliphatic heterocycles. The molecular formula is C23H22N2O2. The van der Waals surface area contributed by atoms with E-state index in [1.807, 2.05) is 55.5 Å². The Morgan fingerprint density at radius 2 is 1.56 bits per heavy atom. The zero-order chi connectivity index (χ0) is 18.5. The first-order chi connectivity index (χ1) is 13.3. The van der Waals surface area contributed by atoms with E-state index in [9.17, 15) is 0 Å². The second-order valence-electron chi connectivity index (χ2n) is 6.60. The lowest BCUT2D eigenvalue weighted by Crippen LogP contribution is -2.22. The molecule has 4 rings (SSSR count). The Labute approximate surface area is 159 Å². The van der Waals surface area contributed by atoms with Crippen molar-refractivity contribution in [2.45, 2.75) is 26.6 Å². The summed E-state index contributed by atoms with van der Waals surface area (Å²) in [5.74, 6) is 2.46. The number of benzene rings is 2. The molecule has 2 aromatic heterocycles. The summed E-state index contributed by atoms with van der Waals surface area (Å²) in [5, 5.41) is 0. The van der Waals surface area contributed by atoms with Gasteiger partial charge in [-0.15, -0.1) is 0 Å². The number of hydrogen-bond donors (Lipinski definition) is 0. The molecule has 0 saturated heterocycles. The average molecular weight is 358 g/mol. The van der Waals surface area contributed by atoms with E-state index in [1.165, 1.54) is 5.56 Å². The second kappa shape index (κ2) is 8.06. The van der Waals surface area contributed by atoms with E-state index >= 15 is 0 Å². The molecule has 0 aliphatic rings. The molecule has 0 radical (unpaired) electrons. The lowest BCUT2D eigenvalue weighted by atomic mass is 10.2. The van der Waals surface area contributed by atoms with Gasteiger partial charge in [-0.3, -0.25) is 4.90 Å². The van der Waals surface area contributed by atoms with Gasteiger partial charge >= 0.3 is 0 Å². The monoisotopic (exact) mass is 358 g/mol. The van der Waals surface area contributed by atoms with Crippen LogP contribution in [0.1, 0.15) is 22.8 Å². The summed E-state index contributed by atoms with van der Waals surface area (Å²) in [6.07, 6.45) is 1.71. The molecule has 136 valence electrons. The molecule has 0 bridgehead atoms. The number of furan rings is 1. The molecule has 0 fully saturated rings. The van der Waals surface area contributed by atoms with Crippen molar-refractivity contribution in [3.8, 4) is 11.5 Å². The minimum Gasteiger partial charge on any atom is -0.468 e. The number of nitrogens with zero attached hydrogens (tertiary/aromatic N) is 2. The van der Waals surface area contributed by atoms with Crippen LogP contribution in [-0.4, -0.2) is 9.88 Å². The highest BCUT2D eigenvalue weighted by atomic mass is 16.4. The molecule has 0 atom stereocenters. The van der Waals surface area contributed by atoms with Gasteiger partial charge in [0.25, 0.3) is 0 Å². The summed E-state index contributed by atoms with van der Waals surface area (Å²) < 4.78 is 11.5. The molecule has 0 N–H and O–H groups in total. The summed E-state index contributed by atoms with van der Waals surface area (Å²) in [4.78, 5) is 7.07. The van der Waals surface area contributed by atoms with Crippen LogP contribution in [0.4, 0.5) is 0 Å². The highest BCUT2D eigenvalue weighted by Gasteiger charge is 2.16.